The number of hydrogen-bond acceptors (Lipinski definition) is 5. The van der Waals surface area contributed by atoms with Gasteiger partial charge in [-0.25, -0.2) is 18.6 Å². The number of aromatic amines is 1. The van der Waals surface area contributed by atoms with Gasteiger partial charge in [0.2, 0.25) is 11.8 Å². The Labute approximate surface area is 235 Å². The first-order chi connectivity index (χ1) is 19.2. The molecule has 2 heterocycles. The van der Waals surface area contributed by atoms with Crippen LogP contribution < -0.4 is 16.2 Å². The van der Waals surface area contributed by atoms with Gasteiger partial charge in [0.05, 0.1) is 12.1 Å². The topological polar surface area (TPSA) is 149 Å². The van der Waals surface area contributed by atoms with Crippen molar-refractivity contribution in [2.45, 2.75) is 52.6 Å². The third kappa shape index (κ3) is 8.22. The lowest BCUT2D eigenvalue weighted by molar-refractivity contribution is -0.123. The number of pyridine rings is 1. The number of benzene rings is 1. The van der Waals surface area contributed by atoms with E-state index in [1.165, 1.54) is 39.9 Å². The molecule has 0 aliphatic heterocycles. The predicted octanol–water partition coefficient (Wildman–Crippen LogP) is 3.64. The number of carbonyl (C=O) groups excluding carboxylic acids is 2. The second kappa shape index (κ2) is 12.7. The number of fused-ring (bicyclic) bond motifs is 1. The van der Waals surface area contributed by atoms with Crippen LogP contribution in [-0.4, -0.2) is 62.6 Å². The van der Waals surface area contributed by atoms with E-state index >= 15 is 0 Å². The third-order valence-corrected chi connectivity index (χ3v) is 6.07. The number of nitrogens with zero attached hydrogens (tertiary/aromatic N) is 3. The quantitative estimate of drug-likeness (QED) is 0.273. The molecule has 0 saturated carbocycles. The summed E-state index contributed by atoms with van der Waals surface area (Å²) in [5, 5.41) is 13.7. The zero-order chi connectivity index (χ0) is 30.5. The van der Waals surface area contributed by atoms with Gasteiger partial charge in [-0.2, -0.15) is 0 Å². The van der Waals surface area contributed by atoms with Gasteiger partial charge in [-0.05, 0) is 42.9 Å². The maximum atomic E-state index is 14.6. The van der Waals surface area contributed by atoms with Gasteiger partial charge in [-0.15, -0.1) is 0 Å². The number of carbonyl (C=O) groups is 3. The maximum absolute atomic E-state index is 14.6. The molecule has 0 unspecified atom stereocenters. The average molecular weight is 573 g/mol. The summed E-state index contributed by atoms with van der Waals surface area (Å²) in [7, 11) is 3.16. The lowest BCUT2D eigenvalue weighted by Crippen LogP contribution is -2.44. The van der Waals surface area contributed by atoms with Crippen LogP contribution in [0.25, 0.3) is 11.0 Å². The van der Waals surface area contributed by atoms with Gasteiger partial charge < -0.3 is 30.2 Å². The fourth-order valence-corrected chi connectivity index (χ4v) is 4.13. The first-order valence-corrected chi connectivity index (χ1v) is 12.9. The largest absolute Gasteiger partial charge is 0.465 e. The molecule has 0 aliphatic carbocycles. The number of halogens is 2. The number of aromatic nitrogens is 3. The highest BCUT2D eigenvalue weighted by Crippen LogP contribution is 2.29. The number of carboxylic acid groups (broad SMARTS) is 1. The van der Waals surface area contributed by atoms with Crippen LogP contribution in [0.15, 0.2) is 41.3 Å². The van der Waals surface area contributed by atoms with Gasteiger partial charge in [0.25, 0.3) is 5.56 Å². The highest BCUT2D eigenvalue weighted by atomic mass is 19.1. The summed E-state index contributed by atoms with van der Waals surface area (Å²) in [6, 6.07) is 2.46. The first-order valence-electron chi connectivity index (χ1n) is 12.9. The van der Waals surface area contributed by atoms with Crippen LogP contribution in [0.5, 0.6) is 0 Å². The predicted molar refractivity (Wildman–Crippen MR) is 150 cm³/mol. The van der Waals surface area contributed by atoms with Crippen molar-refractivity contribution in [1.82, 2.24) is 24.8 Å². The summed E-state index contributed by atoms with van der Waals surface area (Å²) < 4.78 is 30.4. The number of amides is 3. The molecule has 4 N–H and O–H groups in total. The highest BCUT2D eigenvalue weighted by Gasteiger charge is 2.23. The monoisotopic (exact) mass is 572 g/mol. The van der Waals surface area contributed by atoms with Crippen LogP contribution in [0.2, 0.25) is 0 Å². The van der Waals surface area contributed by atoms with Gasteiger partial charge in [0, 0.05) is 31.9 Å². The summed E-state index contributed by atoms with van der Waals surface area (Å²) in [5.41, 5.74) is -0.550. The zero-order valence-electron chi connectivity index (χ0n) is 23.5. The van der Waals surface area contributed by atoms with Crippen molar-refractivity contribution in [3.8, 4) is 0 Å². The Bertz CT molecular complexity index is 1540. The third-order valence-electron chi connectivity index (χ3n) is 6.07. The van der Waals surface area contributed by atoms with Crippen LogP contribution in [-0.2, 0) is 22.6 Å². The molecule has 41 heavy (non-hydrogen) atoms. The van der Waals surface area contributed by atoms with Crippen molar-refractivity contribution in [2.75, 3.05) is 19.4 Å². The molecule has 3 rings (SSSR count). The lowest BCUT2D eigenvalue weighted by Gasteiger charge is -2.19. The Hall–Kier alpha value is -4.55. The minimum Gasteiger partial charge on any atom is -0.465 e. The molecule has 0 radical (unpaired) electrons. The molecular formula is C28H34F2N6O5. The van der Waals surface area contributed by atoms with Gasteiger partial charge in [0.1, 0.15) is 28.9 Å². The van der Waals surface area contributed by atoms with Gasteiger partial charge >= 0.3 is 6.09 Å². The second-order valence-corrected chi connectivity index (χ2v) is 11.0. The van der Waals surface area contributed by atoms with Crippen LogP contribution in [0.4, 0.5) is 19.3 Å². The van der Waals surface area contributed by atoms with Gasteiger partial charge in [-0.3, -0.25) is 14.4 Å². The van der Waals surface area contributed by atoms with Crippen LogP contribution in [0, 0.1) is 17.0 Å². The van der Waals surface area contributed by atoms with E-state index < -0.39 is 35.2 Å². The Morgan fingerprint density at radius 2 is 1.93 bits per heavy atom. The fraction of sp³-hybridized carbons (Fsp3) is 0.393. The van der Waals surface area contributed by atoms with Crippen LogP contribution in [0.1, 0.15) is 45.0 Å². The molecule has 3 aromatic rings. The normalized spacial score (nSPS) is 12.5. The molecule has 11 nitrogen and oxygen atoms in total. The lowest BCUT2D eigenvalue weighted by atomic mass is 9.87. The van der Waals surface area contributed by atoms with E-state index in [4.69, 9.17) is 5.11 Å². The van der Waals surface area contributed by atoms with Crippen molar-refractivity contribution >= 4 is 34.6 Å². The molecule has 1 aromatic carbocycles. The SMILES string of the molecule is CN(C)C(=O)/C=C/CC[C@H](NC(=O)O)C(=O)Nc1cccn(Cc2nc3c(F)cc(F)c(CC(C)(C)C)c3[nH]2)c1=O. The number of allylic oxidation sites excluding steroid dienone is 1. The molecular weight excluding hydrogens is 538 g/mol. The molecule has 220 valence electrons. The summed E-state index contributed by atoms with van der Waals surface area (Å²) >= 11 is 0. The van der Waals surface area contributed by atoms with E-state index in [1.807, 2.05) is 20.8 Å². The van der Waals surface area contributed by atoms with Crippen LogP contribution in [0.3, 0.4) is 0 Å². The standard InChI is InChI=1S/C28H34F2N6O5/c1-28(2,3)14-16-17(29)13-18(30)24-23(16)33-21(34-24)15-36-12-8-10-20(26(36)39)31-25(38)19(32-27(40)41)9-6-7-11-22(37)35(4)5/h7-8,10-13,19,32H,6,9,14-15H2,1-5H3,(H,31,38)(H,33,34)(H,40,41)/b11-7+/t19-/m0/s1. The first kappa shape index (κ1) is 31.0. The van der Waals surface area contributed by atoms with Crippen LogP contribution >= 0.6 is 0 Å². The smallest absolute Gasteiger partial charge is 0.405 e. The van der Waals surface area contributed by atoms with Gasteiger partial charge in [-0.1, -0.05) is 26.8 Å². The summed E-state index contributed by atoms with van der Waals surface area (Å²) in [4.78, 5) is 57.4. The van der Waals surface area contributed by atoms with Crippen molar-refractivity contribution in [1.29, 1.82) is 0 Å². The van der Waals surface area contributed by atoms with E-state index in [9.17, 15) is 28.0 Å². The van der Waals surface area contributed by atoms with Crippen molar-refractivity contribution in [3.63, 3.8) is 0 Å². The molecule has 0 aliphatic rings. The van der Waals surface area contributed by atoms with E-state index in [0.29, 0.717) is 12.0 Å². The number of H-pyrrole nitrogens is 1. The molecule has 2 aromatic heterocycles. The number of anilines is 1. The Morgan fingerprint density at radius 1 is 1.22 bits per heavy atom. The number of nitrogens with one attached hydrogen (secondary N) is 3. The van der Waals surface area contributed by atoms with E-state index in [-0.39, 0.29) is 53.3 Å². The number of rotatable bonds is 10. The van der Waals surface area contributed by atoms with E-state index in [0.717, 1.165) is 6.07 Å². The van der Waals surface area contributed by atoms with E-state index in [1.54, 1.807) is 14.1 Å². The maximum Gasteiger partial charge on any atom is 0.405 e. The summed E-state index contributed by atoms with van der Waals surface area (Å²) in [5.74, 6) is -2.34. The number of imidazole rings is 1. The molecule has 0 fully saturated rings. The number of likely N-dealkylation sites (N-methyl/N-ethyl adjacent to an activating group) is 1. The zero-order valence-corrected chi connectivity index (χ0v) is 23.5. The van der Waals surface area contributed by atoms with Crippen molar-refractivity contribution in [3.05, 3.63) is 69.9 Å². The Balaban J connectivity index is 1.81. The fourth-order valence-electron chi connectivity index (χ4n) is 4.13. The molecule has 3 amide bonds. The number of hydrogen-bond donors (Lipinski definition) is 4. The minimum absolute atomic E-state index is 0.0361. The molecule has 13 heteroatoms. The summed E-state index contributed by atoms with van der Waals surface area (Å²) in [6.45, 7) is 5.65. The van der Waals surface area contributed by atoms with Crippen molar-refractivity contribution in [2.24, 2.45) is 5.41 Å². The molecule has 0 spiro atoms. The average Bonchev–Trinajstić information content (AvgIpc) is 3.29. The molecule has 0 bridgehead atoms. The van der Waals surface area contributed by atoms with E-state index in [2.05, 4.69) is 20.6 Å². The minimum atomic E-state index is -1.43. The second-order valence-electron chi connectivity index (χ2n) is 11.0. The molecule has 1 atom stereocenters. The Morgan fingerprint density at radius 3 is 2.56 bits per heavy atom. The summed E-state index contributed by atoms with van der Waals surface area (Å²) in [6.07, 6.45) is 3.44. The molecule has 0 saturated heterocycles. The Kier molecular flexibility index (Phi) is 9.63. The van der Waals surface area contributed by atoms with Gasteiger partial charge in [0.15, 0.2) is 5.82 Å². The van der Waals surface area contributed by atoms with Crippen molar-refractivity contribution < 1.29 is 28.3 Å². The highest BCUT2D eigenvalue weighted by molar-refractivity contribution is 5.96.